The van der Waals surface area contributed by atoms with Gasteiger partial charge in [0.1, 0.15) is 11.5 Å². The molecule has 1 aromatic rings. The normalized spacial score (nSPS) is 12.3. The third-order valence-corrected chi connectivity index (χ3v) is 2.19. The molecule has 0 aliphatic rings. The highest BCUT2D eigenvalue weighted by atomic mass is 16.5. The summed E-state index contributed by atoms with van der Waals surface area (Å²) in [5, 5.41) is 9.68. The maximum atomic E-state index is 9.68. The number of rotatable bonds is 4. The van der Waals surface area contributed by atoms with Gasteiger partial charge in [-0.1, -0.05) is 6.92 Å². The molecule has 1 unspecified atom stereocenters. The van der Waals surface area contributed by atoms with Crippen LogP contribution in [0.25, 0.3) is 0 Å². The van der Waals surface area contributed by atoms with Crippen molar-refractivity contribution in [3.05, 3.63) is 23.8 Å². The molecule has 0 amide bonds. The number of ether oxygens (including phenoxy) is 2. The van der Waals surface area contributed by atoms with Crippen LogP contribution in [0, 0.1) is 0 Å². The van der Waals surface area contributed by atoms with Crippen molar-refractivity contribution in [2.24, 2.45) is 0 Å². The van der Waals surface area contributed by atoms with Crippen molar-refractivity contribution in [1.29, 1.82) is 0 Å². The number of hydrogen-bond acceptors (Lipinski definition) is 3. The molecule has 14 heavy (non-hydrogen) atoms. The van der Waals surface area contributed by atoms with Crippen LogP contribution in [0.5, 0.6) is 11.5 Å². The van der Waals surface area contributed by atoms with E-state index in [9.17, 15) is 5.11 Å². The minimum Gasteiger partial charge on any atom is -0.497 e. The van der Waals surface area contributed by atoms with E-state index in [1.807, 2.05) is 19.1 Å². The molecular formula is C11H16O3. The van der Waals surface area contributed by atoms with Crippen LogP contribution in [0.2, 0.25) is 0 Å². The Labute approximate surface area is 84.3 Å². The Balaban J connectivity index is 3.04. The second kappa shape index (κ2) is 4.86. The molecule has 0 radical (unpaired) electrons. The molecule has 0 aromatic heterocycles. The summed E-state index contributed by atoms with van der Waals surface area (Å²) in [5.41, 5.74) is 0.802. The number of aliphatic hydroxyl groups excluding tert-OH is 1. The number of methoxy groups -OCH3 is 2. The fourth-order valence-corrected chi connectivity index (χ4v) is 1.31. The van der Waals surface area contributed by atoms with Gasteiger partial charge in [0.25, 0.3) is 0 Å². The lowest BCUT2D eigenvalue weighted by Gasteiger charge is -2.13. The molecule has 1 aromatic carbocycles. The van der Waals surface area contributed by atoms with Gasteiger partial charge in [0.15, 0.2) is 0 Å². The first-order valence-corrected chi connectivity index (χ1v) is 4.63. The zero-order chi connectivity index (χ0) is 10.6. The second-order valence-corrected chi connectivity index (χ2v) is 3.03. The molecule has 78 valence electrons. The largest absolute Gasteiger partial charge is 0.497 e. The highest BCUT2D eigenvalue weighted by molar-refractivity contribution is 5.41. The second-order valence-electron chi connectivity index (χ2n) is 3.03. The van der Waals surface area contributed by atoms with E-state index in [1.54, 1.807) is 20.3 Å². The van der Waals surface area contributed by atoms with Gasteiger partial charge in [-0.25, -0.2) is 0 Å². The SMILES string of the molecule is CCC(O)c1ccc(OC)cc1OC. The Kier molecular flexibility index (Phi) is 3.77. The van der Waals surface area contributed by atoms with Gasteiger partial charge in [0.05, 0.1) is 20.3 Å². The summed E-state index contributed by atoms with van der Waals surface area (Å²) in [7, 11) is 3.19. The molecule has 0 aliphatic carbocycles. The molecule has 0 spiro atoms. The highest BCUT2D eigenvalue weighted by Crippen LogP contribution is 2.30. The quantitative estimate of drug-likeness (QED) is 0.801. The summed E-state index contributed by atoms with van der Waals surface area (Å²) in [6.07, 6.45) is 0.193. The van der Waals surface area contributed by atoms with Gasteiger partial charge in [-0.3, -0.25) is 0 Å². The van der Waals surface area contributed by atoms with Crippen LogP contribution in [0.1, 0.15) is 25.0 Å². The zero-order valence-electron chi connectivity index (χ0n) is 8.78. The minimum absolute atomic E-state index is 0.476. The van der Waals surface area contributed by atoms with Gasteiger partial charge in [-0.05, 0) is 18.6 Å². The Morgan fingerprint density at radius 2 is 2.00 bits per heavy atom. The molecule has 0 heterocycles. The molecule has 0 saturated heterocycles. The Morgan fingerprint density at radius 3 is 2.50 bits per heavy atom. The van der Waals surface area contributed by atoms with Crippen LogP contribution in [0.4, 0.5) is 0 Å². The fraction of sp³-hybridized carbons (Fsp3) is 0.455. The first-order chi connectivity index (χ1) is 6.72. The molecule has 1 N–H and O–H groups in total. The summed E-state index contributed by atoms with van der Waals surface area (Å²) in [4.78, 5) is 0. The van der Waals surface area contributed by atoms with Gasteiger partial charge in [0, 0.05) is 11.6 Å². The fourth-order valence-electron chi connectivity index (χ4n) is 1.31. The third-order valence-electron chi connectivity index (χ3n) is 2.19. The monoisotopic (exact) mass is 196 g/mol. The van der Waals surface area contributed by atoms with Crippen molar-refractivity contribution < 1.29 is 14.6 Å². The van der Waals surface area contributed by atoms with E-state index in [-0.39, 0.29) is 0 Å². The lowest BCUT2D eigenvalue weighted by atomic mass is 10.1. The van der Waals surface area contributed by atoms with E-state index in [1.165, 1.54) is 0 Å². The summed E-state index contributed by atoms with van der Waals surface area (Å²) in [6.45, 7) is 1.92. The molecule has 0 bridgehead atoms. The van der Waals surface area contributed by atoms with Crippen LogP contribution in [0.15, 0.2) is 18.2 Å². The lowest BCUT2D eigenvalue weighted by molar-refractivity contribution is 0.169. The molecule has 1 atom stereocenters. The van der Waals surface area contributed by atoms with Crippen LogP contribution >= 0.6 is 0 Å². The number of aliphatic hydroxyl groups is 1. The van der Waals surface area contributed by atoms with Gasteiger partial charge >= 0.3 is 0 Å². The van der Waals surface area contributed by atoms with Gasteiger partial charge in [0.2, 0.25) is 0 Å². The van der Waals surface area contributed by atoms with Crippen LogP contribution in [-0.4, -0.2) is 19.3 Å². The molecular weight excluding hydrogens is 180 g/mol. The average Bonchev–Trinajstić information content (AvgIpc) is 2.27. The number of hydrogen-bond donors (Lipinski definition) is 1. The maximum Gasteiger partial charge on any atom is 0.128 e. The molecule has 3 nitrogen and oxygen atoms in total. The van der Waals surface area contributed by atoms with Crippen molar-refractivity contribution in [3.8, 4) is 11.5 Å². The standard InChI is InChI=1S/C11H16O3/c1-4-10(12)9-6-5-8(13-2)7-11(9)14-3/h5-7,10,12H,4H2,1-3H3. The smallest absolute Gasteiger partial charge is 0.128 e. The van der Waals surface area contributed by atoms with E-state index in [4.69, 9.17) is 9.47 Å². The van der Waals surface area contributed by atoms with E-state index < -0.39 is 6.10 Å². The summed E-state index contributed by atoms with van der Waals surface area (Å²) in [6, 6.07) is 5.41. The first-order valence-electron chi connectivity index (χ1n) is 4.63. The van der Waals surface area contributed by atoms with Crippen LogP contribution < -0.4 is 9.47 Å². The van der Waals surface area contributed by atoms with Crippen molar-refractivity contribution in [1.82, 2.24) is 0 Å². The van der Waals surface area contributed by atoms with Gasteiger partial charge < -0.3 is 14.6 Å². The average molecular weight is 196 g/mol. The number of benzene rings is 1. The van der Waals surface area contributed by atoms with E-state index in [0.717, 1.165) is 11.3 Å². The first kappa shape index (κ1) is 10.9. The summed E-state index contributed by atoms with van der Waals surface area (Å²) >= 11 is 0. The lowest BCUT2D eigenvalue weighted by Crippen LogP contribution is -1.99. The van der Waals surface area contributed by atoms with E-state index in [0.29, 0.717) is 12.2 Å². The summed E-state index contributed by atoms with van der Waals surface area (Å²) in [5.74, 6) is 1.40. The Bertz CT molecular complexity index is 297. The van der Waals surface area contributed by atoms with Gasteiger partial charge in [-0.15, -0.1) is 0 Å². The predicted molar refractivity (Wildman–Crippen MR) is 54.8 cm³/mol. The van der Waals surface area contributed by atoms with E-state index in [2.05, 4.69) is 0 Å². The third kappa shape index (κ3) is 2.17. The molecule has 0 fully saturated rings. The predicted octanol–water partition coefficient (Wildman–Crippen LogP) is 2.15. The maximum absolute atomic E-state index is 9.68. The van der Waals surface area contributed by atoms with Crippen molar-refractivity contribution >= 4 is 0 Å². The molecule has 0 saturated carbocycles. The van der Waals surface area contributed by atoms with Crippen molar-refractivity contribution in [3.63, 3.8) is 0 Å². The highest BCUT2D eigenvalue weighted by Gasteiger charge is 2.11. The van der Waals surface area contributed by atoms with Crippen LogP contribution in [0.3, 0.4) is 0 Å². The Morgan fingerprint density at radius 1 is 1.29 bits per heavy atom. The van der Waals surface area contributed by atoms with Gasteiger partial charge in [-0.2, -0.15) is 0 Å². The summed E-state index contributed by atoms with van der Waals surface area (Å²) < 4.78 is 10.2. The van der Waals surface area contributed by atoms with E-state index >= 15 is 0 Å². The molecule has 3 heteroatoms. The molecule has 1 rings (SSSR count). The van der Waals surface area contributed by atoms with Crippen molar-refractivity contribution in [2.45, 2.75) is 19.4 Å². The van der Waals surface area contributed by atoms with Crippen molar-refractivity contribution in [2.75, 3.05) is 14.2 Å². The minimum atomic E-state index is -0.476. The Hall–Kier alpha value is -1.22. The molecule has 0 aliphatic heterocycles. The topological polar surface area (TPSA) is 38.7 Å². The zero-order valence-corrected chi connectivity index (χ0v) is 8.78. The van der Waals surface area contributed by atoms with Crippen LogP contribution in [-0.2, 0) is 0 Å².